The van der Waals surface area contributed by atoms with Gasteiger partial charge >= 0.3 is 0 Å². The monoisotopic (exact) mass is 302 g/mol. The van der Waals surface area contributed by atoms with Gasteiger partial charge in [0, 0.05) is 24.9 Å². The molecular formula is C17H19ClN2O. The van der Waals surface area contributed by atoms with E-state index in [0.29, 0.717) is 10.7 Å². The number of hydrogen-bond acceptors (Lipinski definition) is 3. The van der Waals surface area contributed by atoms with Gasteiger partial charge in [0.1, 0.15) is 0 Å². The van der Waals surface area contributed by atoms with Gasteiger partial charge in [0.05, 0.1) is 16.4 Å². The number of halogens is 1. The molecule has 0 spiro atoms. The summed E-state index contributed by atoms with van der Waals surface area (Å²) in [5.74, 6) is -0.104. The van der Waals surface area contributed by atoms with E-state index in [0.717, 1.165) is 24.3 Å². The maximum atomic E-state index is 11.2. The van der Waals surface area contributed by atoms with E-state index in [1.807, 2.05) is 13.0 Å². The topological polar surface area (TPSA) is 32.7 Å². The zero-order chi connectivity index (χ0) is 15.4. The SMILES string of the molecule is CCN(CC)c1ccc(N=C2C=CC(=O)C=C2Cl)c(C)c1. The Hall–Kier alpha value is -1.87. The van der Waals surface area contributed by atoms with Crippen LogP contribution in [0.3, 0.4) is 0 Å². The van der Waals surface area contributed by atoms with Crippen LogP contribution < -0.4 is 4.90 Å². The number of carbonyl (C=O) groups excluding carboxylic acids is 1. The van der Waals surface area contributed by atoms with E-state index in [9.17, 15) is 4.79 Å². The van der Waals surface area contributed by atoms with E-state index in [4.69, 9.17) is 11.6 Å². The standard InChI is InChI=1S/C17H19ClN2O/c1-4-20(5-2)13-6-8-16(12(3)10-13)19-17-9-7-14(21)11-15(17)18/h6-11H,4-5H2,1-3H3. The number of nitrogens with zero attached hydrogens (tertiary/aromatic N) is 2. The van der Waals surface area contributed by atoms with Crippen LogP contribution >= 0.6 is 11.6 Å². The molecule has 2 rings (SSSR count). The fourth-order valence-electron chi connectivity index (χ4n) is 2.26. The average Bonchev–Trinajstić information content (AvgIpc) is 2.45. The summed E-state index contributed by atoms with van der Waals surface area (Å²) in [4.78, 5) is 18.0. The molecule has 0 saturated carbocycles. The largest absolute Gasteiger partial charge is 0.372 e. The van der Waals surface area contributed by atoms with Crippen molar-refractivity contribution in [1.82, 2.24) is 0 Å². The second kappa shape index (κ2) is 6.72. The van der Waals surface area contributed by atoms with E-state index in [2.05, 4.69) is 35.9 Å². The highest BCUT2D eigenvalue weighted by molar-refractivity contribution is 6.48. The molecule has 1 aliphatic rings. The third-order valence-electron chi connectivity index (χ3n) is 3.47. The Morgan fingerprint density at radius 2 is 1.90 bits per heavy atom. The van der Waals surface area contributed by atoms with Gasteiger partial charge in [-0.1, -0.05) is 11.6 Å². The van der Waals surface area contributed by atoms with Gasteiger partial charge in [-0.15, -0.1) is 0 Å². The van der Waals surface area contributed by atoms with E-state index >= 15 is 0 Å². The Morgan fingerprint density at radius 1 is 1.19 bits per heavy atom. The summed E-state index contributed by atoms with van der Waals surface area (Å²) in [5, 5.41) is 0.384. The normalized spacial score (nSPS) is 16.3. The Labute approximate surface area is 130 Å². The molecule has 0 bridgehead atoms. The molecule has 0 heterocycles. The summed E-state index contributed by atoms with van der Waals surface area (Å²) in [6, 6.07) is 6.18. The van der Waals surface area contributed by atoms with Gasteiger partial charge in [-0.3, -0.25) is 4.79 Å². The number of anilines is 1. The lowest BCUT2D eigenvalue weighted by Crippen LogP contribution is -2.21. The van der Waals surface area contributed by atoms with E-state index < -0.39 is 0 Å². The van der Waals surface area contributed by atoms with Crippen LogP contribution in [0.5, 0.6) is 0 Å². The second-order valence-corrected chi connectivity index (χ2v) is 5.28. The number of aliphatic imine (C=N–C) groups is 1. The van der Waals surface area contributed by atoms with Crippen LogP contribution in [0.25, 0.3) is 0 Å². The van der Waals surface area contributed by atoms with Gasteiger partial charge in [0.2, 0.25) is 0 Å². The summed E-state index contributed by atoms with van der Waals surface area (Å²) in [7, 11) is 0. The number of rotatable bonds is 4. The van der Waals surface area contributed by atoms with E-state index in [-0.39, 0.29) is 5.78 Å². The summed E-state index contributed by atoms with van der Waals surface area (Å²) < 4.78 is 0. The predicted octanol–water partition coefficient (Wildman–Crippen LogP) is 4.18. The molecule has 0 amide bonds. The van der Waals surface area contributed by atoms with Crippen LogP contribution in [0.2, 0.25) is 0 Å². The molecule has 110 valence electrons. The third kappa shape index (κ3) is 3.61. The number of allylic oxidation sites excluding steroid dienone is 4. The van der Waals surface area contributed by atoms with Crippen molar-refractivity contribution in [3.8, 4) is 0 Å². The minimum atomic E-state index is -0.104. The quantitative estimate of drug-likeness (QED) is 0.782. The second-order valence-electron chi connectivity index (χ2n) is 4.87. The van der Waals surface area contributed by atoms with E-state index in [1.54, 1.807) is 6.08 Å². The number of carbonyl (C=O) groups is 1. The minimum Gasteiger partial charge on any atom is -0.372 e. The molecule has 3 nitrogen and oxygen atoms in total. The van der Waals surface area contributed by atoms with Crippen molar-refractivity contribution in [1.29, 1.82) is 0 Å². The molecular weight excluding hydrogens is 284 g/mol. The summed E-state index contributed by atoms with van der Waals surface area (Å²) >= 11 is 6.06. The summed E-state index contributed by atoms with van der Waals surface area (Å²) in [6.45, 7) is 8.26. The van der Waals surface area contributed by atoms with Gasteiger partial charge < -0.3 is 4.90 Å². The molecule has 0 unspecified atom stereocenters. The highest BCUT2D eigenvalue weighted by Gasteiger charge is 2.10. The lowest BCUT2D eigenvalue weighted by Gasteiger charge is -2.21. The maximum absolute atomic E-state index is 11.2. The van der Waals surface area contributed by atoms with Crippen molar-refractivity contribution in [3.05, 3.63) is 47.0 Å². The smallest absolute Gasteiger partial charge is 0.180 e. The molecule has 0 aromatic heterocycles. The highest BCUT2D eigenvalue weighted by atomic mass is 35.5. The Balaban J connectivity index is 2.32. The molecule has 0 atom stereocenters. The molecule has 0 radical (unpaired) electrons. The van der Waals surface area contributed by atoms with Crippen LogP contribution in [0, 0.1) is 6.92 Å². The fraction of sp³-hybridized carbons (Fsp3) is 0.294. The van der Waals surface area contributed by atoms with Crippen LogP contribution in [0.15, 0.2) is 46.5 Å². The van der Waals surface area contributed by atoms with Crippen molar-refractivity contribution in [2.75, 3.05) is 18.0 Å². The van der Waals surface area contributed by atoms with Crippen LogP contribution in [0.1, 0.15) is 19.4 Å². The van der Waals surface area contributed by atoms with Gasteiger partial charge in [0.25, 0.3) is 0 Å². The first-order valence-electron chi connectivity index (χ1n) is 7.09. The lowest BCUT2D eigenvalue weighted by molar-refractivity contribution is -0.110. The summed E-state index contributed by atoms with van der Waals surface area (Å²) in [6.07, 6.45) is 4.52. The number of benzene rings is 1. The zero-order valence-electron chi connectivity index (χ0n) is 12.6. The molecule has 0 N–H and O–H groups in total. The molecule has 1 aromatic rings. The Morgan fingerprint density at radius 3 is 2.48 bits per heavy atom. The van der Waals surface area contributed by atoms with E-state index in [1.165, 1.54) is 17.8 Å². The van der Waals surface area contributed by atoms with Gasteiger partial charge in [0.15, 0.2) is 5.78 Å². The van der Waals surface area contributed by atoms with Gasteiger partial charge in [-0.2, -0.15) is 0 Å². The first kappa shape index (κ1) is 15.5. The van der Waals surface area contributed by atoms with Crippen molar-refractivity contribution in [3.63, 3.8) is 0 Å². The van der Waals surface area contributed by atoms with Gasteiger partial charge in [-0.25, -0.2) is 4.99 Å². The summed E-state index contributed by atoms with van der Waals surface area (Å²) in [5.41, 5.74) is 3.76. The lowest BCUT2D eigenvalue weighted by atomic mass is 10.1. The predicted molar refractivity (Wildman–Crippen MR) is 89.9 cm³/mol. The molecule has 4 heteroatoms. The Kier molecular flexibility index (Phi) is 4.97. The average molecular weight is 303 g/mol. The van der Waals surface area contributed by atoms with Crippen molar-refractivity contribution in [2.24, 2.45) is 4.99 Å². The number of ketones is 1. The first-order valence-corrected chi connectivity index (χ1v) is 7.46. The van der Waals surface area contributed by atoms with Gasteiger partial charge in [-0.05, 0) is 56.7 Å². The molecule has 0 aliphatic heterocycles. The number of hydrogen-bond donors (Lipinski definition) is 0. The molecule has 1 aliphatic carbocycles. The molecule has 1 aromatic carbocycles. The molecule has 21 heavy (non-hydrogen) atoms. The van der Waals surface area contributed by atoms with Crippen LogP contribution in [-0.4, -0.2) is 24.6 Å². The maximum Gasteiger partial charge on any atom is 0.180 e. The minimum absolute atomic E-state index is 0.104. The first-order chi connectivity index (χ1) is 10.0. The van der Waals surface area contributed by atoms with Crippen LogP contribution in [-0.2, 0) is 4.79 Å². The molecule has 0 saturated heterocycles. The van der Waals surface area contributed by atoms with Crippen LogP contribution in [0.4, 0.5) is 11.4 Å². The third-order valence-corrected chi connectivity index (χ3v) is 3.77. The van der Waals surface area contributed by atoms with Crippen molar-refractivity contribution < 1.29 is 4.79 Å². The number of aryl methyl sites for hydroxylation is 1. The van der Waals surface area contributed by atoms with Crippen molar-refractivity contribution >= 4 is 34.5 Å². The zero-order valence-corrected chi connectivity index (χ0v) is 13.3. The Bertz CT molecular complexity index is 640. The highest BCUT2D eigenvalue weighted by Crippen LogP contribution is 2.26. The van der Waals surface area contributed by atoms with Crippen molar-refractivity contribution in [2.45, 2.75) is 20.8 Å². The molecule has 0 fully saturated rings. The fourth-order valence-corrected chi connectivity index (χ4v) is 2.47.